The number of nitrogens with one attached hydrogen (secondary N) is 2. The fourth-order valence-corrected chi connectivity index (χ4v) is 1.93. The summed E-state index contributed by atoms with van der Waals surface area (Å²) in [5, 5.41) is 10.9. The fourth-order valence-electron chi connectivity index (χ4n) is 1.93. The molecule has 1 aliphatic rings. The molecule has 1 aliphatic heterocycles. The Morgan fingerprint density at radius 3 is 2.95 bits per heavy atom. The van der Waals surface area contributed by atoms with Gasteiger partial charge in [-0.2, -0.15) is 0 Å². The molecule has 2 aromatic rings. The molecule has 0 spiro atoms. The van der Waals surface area contributed by atoms with Crippen molar-refractivity contribution in [3.63, 3.8) is 0 Å². The second-order valence-electron chi connectivity index (χ2n) is 4.29. The number of ether oxygens (including phenoxy) is 2. The van der Waals surface area contributed by atoms with Gasteiger partial charge in [0.2, 0.25) is 18.7 Å². The number of aromatic nitrogens is 3. The minimum Gasteiger partial charge on any atom is -0.454 e. The number of aromatic amines is 1. The number of hydrogen-bond donors (Lipinski definition) is 2. The van der Waals surface area contributed by atoms with Crippen LogP contribution in [0.25, 0.3) is 0 Å². The van der Waals surface area contributed by atoms with Gasteiger partial charge in [0.25, 0.3) is 0 Å². The van der Waals surface area contributed by atoms with Crippen molar-refractivity contribution in [2.24, 2.45) is 0 Å². The lowest BCUT2D eigenvalue weighted by Crippen LogP contribution is -2.17. The van der Waals surface area contributed by atoms with E-state index in [4.69, 9.17) is 9.47 Å². The smallest absolute Gasteiger partial charge is 0.231 e. The van der Waals surface area contributed by atoms with Gasteiger partial charge in [0, 0.05) is 20.6 Å². The summed E-state index contributed by atoms with van der Waals surface area (Å²) in [6.45, 7) is 0.997. The molecule has 7 heteroatoms. The average molecular weight is 261 g/mol. The van der Waals surface area contributed by atoms with E-state index in [2.05, 4.69) is 20.5 Å². The van der Waals surface area contributed by atoms with Gasteiger partial charge in [0.05, 0.1) is 0 Å². The van der Waals surface area contributed by atoms with Crippen molar-refractivity contribution in [3.8, 4) is 11.5 Å². The maximum atomic E-state index is 5.36. The molecule has 100 valence electrons. The van der Waals surface area contributed by atoms with Gasteiger partial charge in [-0.3, -0.25) is 4.98 Å². The Hall–Kier alpha value is -2.44. The predicted molar refractivity (Wildman–Crippen MR) is 70.6 cm³/mol. The summed E-state index contributed by atoms with van der Waals surface area (Å²) in [4.78, 5) is 5.05. The van der Waals surface area contributed by atoms with Crippen LogP contribution in [0, 0.1) is 0 Å². The Morgan fingerprint density at radius 1 is 1.32 bits per heavy atom. The van der Waals surface area contributed by atoms with Crippen LogP contribution in [0.5, 0.6) is 11.5 Å². The Morgan fingerprint density at radius 2 is 2.16 bits per heavy atom. The van der Waals surface area contributed by atoms with E-state index in [1.54, 1.807) is 7.05 Å². The van der Waals surface area contributed by atoms with Crippen molar-refractivity contribution < 1.29 is 9.47 Å². The summed E-state index contributed by atoms with van der Waals surface area (Å²) in [7, 11) is 3.74. The summed E-state index contributed by atoms with van der Waals surface area (Å²) in [6.07, 6.45) is 0. The molecule has 19 heavy (non-hydrogen) atoms. The zero-order valence-corrected chi connectivity index (χ0v) is 10.8. The third-order valence-electron chi connectivity index (χ3n) is 2.93. The molecule has 0 fully saturated rings. The first-order valence-electron chi connectivity index (χ1n) is 5.96. The minimum atomic E-state index is 0.294. The second-order valence-corrected chi connectivity index (χ2v) is 4.29. The van der Waals surface area contributed by atoms with E-state index in [-0.39, 0.29) is 0 Å². The first-order valence-corrected chi connectivity index (χ1v) is 5.96. The maximum Gasteiger partial charge on any atom is 0.231 e. The quantitative estimate of drug-likeness (QED) is 0.861. The van der Waals surface area contributed by atoms with Crippen molar-refractivity contribution in [2.75, 3.05) is 31.1 Å². The summed E-state index contributed by atoms with van der Waals surface area (Å²) in [5.74, 6) is 2.94. The van der Waals surface area contributed by atoms with Crippen LogP contribution in [0.1, 0.15) is 5.56 Å². The van der Waals surface area contributed by atoms with Crippen LogP contribution < -0.4 is 19.7 Å². The van der Waals surface area contributed by atoms with Crippen molar-refractivity contribution >= 4 is 11.9 Å². The molecule has 0 bridgehead atoms. The lowest BCUT2D eigenvalue weighted by molar-refractivity contribution is 0.174. The van der Waals surface area contributed by atoms with Crippen molar-refractivity contribution in [2.45, 2.75) is 6.54 Å². The summed E-state index contributed by atoms with van der Waals surface area (Å²) < 4.78 is 10.6. The lowest BCUT2D eigenvalue weighted by Gasteiger charge is -2.15. The number of benzene rings is 1. The van der Waals surface area contributed by atoms with Crippen LogP contribution in [0.15, 0.2) is 18.2 Å². The third-order valence-corrected chi connectivity index (χ3v) is 2.93. The van der Waals surface area contributed by atoms with Crippen LogP contribution in [0.4, 0.5) is 11.9 Å². The number of H-pyrrole nitrogens is 1. The molecule has 0 amide bonds. The Labute approximate surface area is 110 Å². The van der Waals surface area contributed by atoms with E-state index in [0.717, 1.165) is 17.1 Å². The fraction of sp³-hybridized carbons (Fsp3) is 0.333. The zero-order chi connectivity index (χ0) is 13.2. The number of hydrogen-bond acceptors (Lipinski definition) is 6. The summed E-state index contributed by atoms with van der Waals surface area (Å²) >= 11 is 0. The number of nitrogens with zero attached hydrogens (tertiary/aromatic N) is 3. The van der Waals surface area contributed by atoms with E-state index >= 15 is 0 Å². The molecule has 0 radical (unpaired) electrons. The molecule has 2 N–H and O–H groups in total. The molecule has 0 saturated carbocycles. The van der Waals surface area contributed by atoms with Crippen molar-refractivity contribution in [3.05, 3.63) is 23.8 Å². The zero-order valence-electron chi connectivity index (χ0n) is 10.8. The van der Waals surface area contributed by atoms with Crippen molar-refractivity contribution in [1.82, 2.24) is 15.2 Å². The molecular weight excluding hydrogens is 246 g/mol. The second kappa shape index (κ2) is 4.68. The van der Waals surface area contributed by atoms with E-state index in [1.807, 2.05) is 30.1 Å². The summed E-state index contributed by atoms with van der Waals surface area (Å²) in [5.41, 5.74) is 1.12. The van der Waals surface area contributed by atoms with E-state index in [0.29, 0.717) is 25.2 Å². The Kier molecular flexibility index (Phi) is 2.86. The lowest BCUT2D eigenvalue weighted by atomic mass is 10.2. The van der Waals surface area contributed by atoms with Gasteiger partial charge in [-0.05, 0) is 17.7 Å². The standard InChI is InChI=1S/C12H15N5O2/c1-13-11-14-12(16-15-11)17(2)6-8-3-4-9-10(5-8)19-7-18-9/h3-5H,6-7H2,1-2H3,(H2,13,14,15,16). The Balaban J connectivity index is 1.73. The van der Waals surface area contributed by atoms with E-state index < -0.39 is 0 Å². The van der Waals surface area contributed by atoms with Gasteiger partial charge in [0.1, 0.15) is 0 Å². The highest BCUT2D eigenvalue weighted by atomic mass is 16.7. The molecule has 1 aromatic heterocycles. The highest BCUT2D eigenvalue weighted by molar-refractivity contribution is 5.46. The van der Waals surface area contributed by atoms with Crippen LogP contribution in [0.3, 0.4) is 0 Å². The van der Waals surface area contributed by atoms with Gasteiger partial charge in [0.15, 0.2) is 11.5 Å². The van der Waals surface area contributed by atoms with Crippen LogP contribution >= 0.6 is 0 Å². The number of rotatable bonds is 4. The highest BCUT2D eigenvalue weighted by Gasteiger charge is 2.14. The number of fused-ring (bicyclic) bond motifs is 1. The van der Waals surface area contributed by atoms with Crippen LogP contribution in [-0.4, -0.2) is 36.1 Å². The topological polar surface area (TPSA) is 75.3 Å². The Bertz CT molecular complexity index is 583. The van der Waals surface area contributed by atoms with Crippen LogP contribution in [0.2, 0.25) is 0 Å². The van der Waals surface area contributed by atoms with Crippen LogP contribution in [-0.2, 0) is 6.54 Å². The largest absolute Gasteiger partial charge is 0.454 e. The van der Waals surface area contributed by atoms with E-state index in [1.165, 1.54) is 0 Å². The molecule has 2 heterocycles. The molecule has 7 nitrogen and oxygen atoms in total. The molecule has 0 aliphatic carbocycles. The molecule has 1 aromatic carbocycles. The first kappa shape index (κ1) is 11.6. The molecule has 3 rings (SSSR count). The SMILES string of the molecule is CNc1nnc(N(C)Cc2ccc3c(c2)OCO3)[nH]1. The highest BCUT2D eigenvalue weighted by Crippen LogP contribution is 2.32. The van der Waals surface area contributed by atoms with Gasteiger partial charge >= 0.3 is 0 Å². The maximum absolute atomic E-state index is 5.36. The summed E-state index contributed by atoms with van der Waals surface area (Å²) in [6, 6.07) is 5.92. The van der Waals surface area contributed by atoms with E-state index in [9.17, 15) is 0 Å². The van der Waals surface area contributed by atoms with Gasteiger partial charge in [-0.15, -0.1) is 10.2 Å². The molecule has 0 unspecified atom stereocenters. The monoisotopic (exact) mass is 261 g/mol. The molecule has 0 saturated heterocycles. The number of anilines is 2. The van der Waals surface area contributed by atoms with Gasteiger partial charge in [-0.1, -0.05) is 6.07 Å². The molecular formula is C12H15N5O2. The normalized spacial score (nSPS) is 12.5. The van der Waals surface area contributed by atoms with Gasteiger partial charge < -0.3 is 19.7 Å². The third kappa shape index (κ3) is 2.26. The minimum absolute atomic E-state index is 0.294. The van der Waals surface area contributed by atoms with Crippen molar-refractivity contribution in [1.29, 1.82) is 0 Å². The molecule has 0 atom stereocenters. The predicted octanol–water partition coefficient (Wildman–Crippen LogP) is 1.21. The van der Waals surface area contributed by atoms with Gasteiger partial charge in [-0.25, -0.2) is 0 Å². The first-order chi connectivity index (χ1) is 9.26. The average Bonchev–Trinajstić information content (AvgIpc) is 3.06.